The number of methoxy groups -OCH3 is 1. The Kier molecular flexibility index (Phi) is 5.85. The van der Waals surface area contributed by atoms with Gasteiger partial charge in [0, 0.05) is 36.2 Å². The summed E-state index contributed by atoms with van der Waals surface area (Å²) in [5.74, 6) is 2.37. The van der Waals surface area contributed by atoms with Crippen LogP contribution in [0.15, 0.2) is 40.9 Å². The molecule has 1 fully saturated rings. The molecule has 7 nitrogen and oxygen atoms in total. The lowest BCUT2D eigenvalue weighted by atomic mass is 9.92. The first-order valence-electron chi connectivity index (χ1n) is 10.8. The summed E-state index contributed by atoms with van der Waals surface area (Å²) in [4.78, 5) is 19.4. The lowest BCUT2D eigenvalue weighted by molar-refractivity contribution is 0.0692. The lowest BCUT2D eigenvalue weighted by Crippen LogP contribution is -2.39. The molecule has 7 heteroatoms. The third-order valence-corrected chi connectivity index (χ3v) is 5.79. The summed E-state index contributed by atoms with van der Waals surface area (Å²) in [6.07, 6.45) is 4.27. The summed E-state index contributed by atoms with van der Waals surface area (Å²) < 4.78 is 11.5. The van der Waals surface area contributed by atoms with Gasteiger partial charge in [-0.1, -0.05) is 39.0 Å². The van der Waals surface area contributed by atoms with E-state index in [1.54, 1.807) is 13.3 Å². The monoisotopic (exact) mass is 422 g/mol. The molecule has 164 valence electrons. The Morgan fingerprint density at radius 2 is 2.13 bits per heavy atom. The highest BCUT2D eigenvalue weighted by atomic mass is 16.5. The molecule has 1 aliphatic rings. The first-order valence-corrected chi connectivity index (χ1v) is 10.8. The number of hydrogen-bond acceptors (Lipinski definition) is 5. The molecule has 3 aromatic rings. The number of nitrogens with one attached hydrogen (secondary N) is 1. The molecule has 1 saturated heterocycles. The van der Waals surface area contributed by atoms with Crippen molar-refractivity contribution in [2.75, 3.05) is 20.2 Å². The van der Waals surface area contributed by atoms with E-state index in [0.717, 1.165) is 42.2 Å². The maximum atomic E-state index is 13.0. The van der Waals surface area contributed by atoms with Crippen molar-refractivity contribution >= 4 is 5.91 Å². The Morgan fingerprint density at radius 1 is 1.32 bits per heavy atom. The van der Waals surface area contributed by atoms with Gasteiger partial charge < -0.3 is 14.1 Å². The molecule has 1 N–H and O–H groups in total. The van der Waals surface area contributed by atoms with E-state index in [9.17, 15) is 4.79 Å². The fraction of sp³-hybridized carbons (Fsp3) is 0.458. The summed E-state index contributed by atoms with van der Waals surface area (Å²) in [5, 5.41) is 7.26. The van der Waals surface area contributed by atoms with Crippen molar-refractivity contribution in [3.05, 3.63) is 65.1 Å². The molecule has 4 rings (SSSR count). The van der Waals surface area contributed by atoms with E-state index >= 15 is 0 Å². The number of aromatic amines is 1. The van der Waals surface area contributed by atoms with Gasteiger partial charge in [-0.3, -0.25) is 9.89 Å². The Morgan fingerprint density at radius 3 is 2.87 bits per heavy atom. The van der Waals surface area contributed by atoms with Crippen LogP contribution in [-0.4, -0.2) is 46.2 Å². The number of rotatable bonds is 5. The molecule has 0 aliphatic carbocycles. The maximum Gasteiger partial charge on any atom is 0.274 e. The summed E-state index contributed by atoms with van der Waals surface area (Å²) in [6.45, 7) is 7.59. The standard InChI is InChI=1S/C24H30N4O3/c1-24(2,3)21-13-19(26-27-21)23(29)28-11-7-9-17(15-28)22-25-14-18(31-22)12-16-8-5-6-10-20(16)30-4/h5-6,8,10,13-14,17H,7,9,11-12,15H2,1-4H3,(H,26,27)/t17-/m0/s1. The van der Waals surface area contributed by atoms with E-state index in [0.29, 0.717) is 24.6 Å². The topological polar surface area (TPSA) is 84.2 Å². The van der Waals surface area contributed by atoms with Gasteiger partial charge >= 0.3 is 0 Å². The average molecular weight is 423 g/mol. The first-order chi connectivity index (χ1) is 14.8. The van der Waals surface area contributed by atoms with Crippen LogP contribution in [0, 0.1) is 0 Å². The van der Waals surface area contributed by atoms with Crippen molar-refractivity contribution in [2.24, 2.45) is 0 Å². The molecule has 31 heavy (non-hydrogen) atoms. The largest absolute Gasteiger partial charge is 0.496 e. The summed E-state index contributed by atoms with van der Waals surface area (Å²) in [5.41, 5.74) is 2.40. The molecule has 1 aliphatic heterocycles. The first kappa shape index (κ1) is 21.2. The number of oxazole rings is 1. The van der Waals surface area contributed by atoms with E-state index < -0.39 is 0 Å². The predicted octanol–water partition coefficient (Wildman–Crippen LogP) is 4.31. The number of aromatic nitrogens is 3. The number of para-hydroxylation sites is 1. The highest BCUT2D eigenvalue weighted by molar-refractivity contribution is 5.92. The van der Waals surface area contributed by atoms with Gasteiger partial charge in [0.05, 0.1) is 19.2 Å². The van der Waals surface area contributed by atoms with Crippen molar-refractivity contribution in [1.82, 2.24) is 20.1 Å². The number of ether oxygens (including phenoxy) is 1. The summed E-state index contributed by atoms with van der Waals surface area (Å²) in [7, 11) is 1.67. The molecule has 0 unspecified atom stereocenters. The van der Waals surface area contributed by atoms with Crippen molar-refractivity contribution in [1.29, 1.82) is 0 Å². The number of carbonyl (C=O) groups excluding carboxylic acids is 1. The third-order valence-electron chi connectivity index (χ3n) is 5.79. The molecule has 3 heterocycles. The maximum absolute atomic E-state index is 13.0. The van der Waals surface area contributed by atoms with E-state index in [4.69, 9.17) is 9.15 Å². The quantitative estimate of drug-likeness (QED) is 0.662. The van der Waals surface area contributed by atoms with Gasteiger partial charge in [-0.05, 0) is 25.0 Å². The van der Waals surface area contributed by atoms with Crippen molar-refractivity contribution < 1.29 is 13.9 Å². The summed E-state index contributed by atoms with van der Waals surface area (Å²) >= 11 is 0. The second kappa shape index (κ2) is 8.57. The zero-order valence-electron chi connectivity index (χ0n) is 18.6. The highest BCUT2D eigenvalue weighted by Gasteiger charge is 2.30. The van der Waals surface area contributed by atoms with Gasteiger partial charge in [0.2, 0.25) is 0 Å². The van der Waals surface area contributed by atoms with Gasteiger partial charge in [-0.25, -0.2) is 4.98 Å². The van der Waals surface area contributed by atoms with E-state index in [1.807, 2.05) is 35.2 Å². The minimum atomic E-state index is -0.0775. The second-order valence-corrected chi connectivity index (χ2v) is 9.16. The number of amides is 1. The van der Waals surface area contributed by atoms with Crippen LogP contribution in [0.1, 0.15) is 72.9 Å². The smallest absolute Gasteiger partial charge is 0.274 e. The summed E-state index contributed by atoms with van der Waals surface area (Å²) in [6, 6.07) is 9.77. The number of hydrogen-bond donors (Lipinski definition) is 1. The Labute approximate surface area is 182 Å². The van der Waals surface area contributed by atoms with E-state index in [2.05, 4.69) is 36.0 Å². The molecular weight excluding hydrogens is 392 g/mol. The number of likely N-dealkylation sites (tertiary alicyclic amines) is 1. The normalized spacial score (nSPS) is 17.0. The Balaban J connectivity index is 1.44. The predicted molar refractivity (Wildman–Crippen MR) is 117 cm³/mol. The fourth-order valence-corrected chi connectivity index (χ4v) is 3.97. The SMILES string of the molecule is COc1ccccc1Cc1cnc([C@H]2CCCN(C(=O)c3cc(C(C)(C)C)[nH]n3)C2)o1. The third kappa shape index (κ3) is 4.65. The van der Waals surface area contributed by atoms with E-state index in [1.165, 1.54) is 0 Å². The fourth-order valence-electron chi connectivity index (χ4n) is 3.97. The molecule has 2 aromatic heterocycles. The van der Waals surface area contributed by atoms with Crippen LogP contribution in [-0.2, 0) is 11.8 Å². The molecule has 1 amide bonds. The number of carbonyl (C=O) groups is 1. The van der Waals surface area contributed by atoms with E-state index in [-0.39, 0.29) is 17.2 Å². The van der Waals surface area contributed by atoms with Gasteiger partial charge in [-0.2, -0.15) is 5.10 Å². The van der Waals surface area contributed by atoms with Crippen LogP contribution in [0.4, 0.5) is 0 Å². The molecule has 0 saturated carbocycles. The zero-order valence-corrected chi connectivity index (χ0v) is 18.6. The molecule has 0 bridgehead atoms. The highest BCUT2D eigenvalue weighted by Crippen LogP contribution is 2.29. The number of H-pyrrole nitrogens is 1. The zero-order chi connectivity index (χ0) is 22.0. The minimum Gasteiger partial charge on any atom is -0.496 e. The molecule has 0 spiro atoms. The molecule has 1 aromatic carbocycles. The van der Waals surface area contributed by atoms with Crippen LogP contribution in [0.2, 0.25) is 0 Å². The van der Waals surface area contributed by atoms with Gasteiger partial charge in [-0.15, -0.1) is 0 Å². The average Bonchev–Trinajstić information content (AvgIpc) is 3.44. The number of benzene rings is 1. The van der Waals surface area contributed by atoms with Crippen LogP contribution >= 0.6 is 0 Å². The Hall–Kier alpha value is -3.09. The van der Waals surface area contributed by atoms with Gasteiger partial charge in [0.1, 0.15) is 17.2 Å². The lowest BCUT2D eigenvalue weighted by Gasteiger charge is -2.30. The van der Waals surface area contributed by atoms with Crippen LogP contribution in [0.5, 0.6) is 5.75 Å². The molecular formula is C24H30N4O3. The second-order valence-electron chi connectivity index (χ2n) is 9.16. The van der Waals surface area contributed by atoms with Crippen molar-refractivity contribution in [3.8, 4) is 5.75 Å². The number of nitrogens with zero attached hydrogens (tertiary/aromatic N) is 3. The van der Waals surface area contributed by atoms with Crippen LogP contribution < -0.4 is 4.74 Å². The Bertz CT molecular complexity index is 1050. The number of piperidine rings is 1. The van der Waals surface area contributed by atoms with Crippen molar-refractivity contribution in [3.63, 3.8) is 0 Å². The minimum absolute atomic E-state index is 0.0442. The molecule has 1 atom stereocenters. The van der Waals surface area contributed by atoms with Gasteiger partial charge in [0.15, 0.2) is 5.89 Å². The van der Waals surface area contributed by atoms with Gasteiger partial charge in [0.25, 0.3) is 5.91 Å². The molecule has 0 radical (unpaired) electrons. The van der Waals surface area contributed by atoms with Crippen LogP contribution in [0.3, 0.4) is 0 Å². The van der Waals surface area contributed by atoms with Crippen LogP contribution in [0.25, 0.3) is 0 Å². The van der Waals surface area contributed by atoms with Crippen molar-refractivity contribution in [2.45, 2.75) is 51.4 Å².